The number of phenolic OH excluding ortho intramolecular Hbond substituents is 1. The molecule has 3 aromatic rings. The predicted molar refractivity (Wildman–Crippen MR) is 124 cm³/mol. The summed E-state index contributed by atoms with van der Waals surface area (Å²) in [6, 6.07) is 21.1. The number of halogens is 1. The summed E-state index contributed by atoms with van der Waals surface area (Å²) in [6.07, 6.45) is 0.652. The molecule has 0 unspecified atom stereocenters. The van der Waals surface area contributed by atoms with E-state index in [4.69, 9.17) is 11.6 Å². The topological polar surface area (TPSA) is 98.7 Å². The van der Waals surface area contributed by atoms with Gasteiger partial charge in [-0.25, -0.2) is 0 Å². The van der Waals surface area contributed by atoms with Crippen molar-refractivity contribution in [2.75, 3.05) is 6.61 Å². The molecule has 32 heavy (non-hydrogen) atoms. The third-order valence-electron chi connectivity index (χ3n) is 5.01. The Bertz CT molecular complexity index is 1040. The van der Waals surface area contributed by atoms with Crippen LogP contribution >= 0.6 is 11.6 Å². The maximum Gasteiger partial charge on any atom is 0.253 e. The van der Waals surface area contributed by atoms with Gasteiger partial charge in [0.1, 0.15) is 11.8 Å². The van der Waals surface area contributed by atoms with Crippen LogP contribution in [0.1, 0.15) is 21.5 Å². The van der Waals surface area contributed by atoms with Crippen molar-refractivity contribution in [1.82, 2.24) is 10.6 Å². The van der Waals surface area contributed by atoms with Gasteiger partial charge < -0.3 is 20.8 Å². The number of aliphatic hydroxyl groups excluding tert-OH is 1. The van der Waals surface area contributed by atoms with Crippen LogP contribution in [0, 0.1) is 0 Å². The van der Waals surface area contributed by atoms with Crippen LogP contribution < -0.4 is 10.6 Å². The SMILES string of the molecule is O=C(N[C@@H](Cc1ccc(O)cc1)C(=O)N[C@H](CO)Cc1ccccc1)c1ccccc1Cl. The maximum atomic E-state index is 13.1. The molecule has 7 heteroatoms. The largest absolute Gasteiger partial charge is 0.508 e. The van der Waals surface area contributed by atoms with E-state index < -0.39 is 23.9 Å². The van der Waals surface area contributed by atoms with Crippen molar-refractivity contribution in [3.8, 4) is 5.75 Å². The highest BCUT2D eigenvalue weighted by Crippen LogP contribution is 2.16. The van der Waals surface area contributed by atoms with Crippen LogP contribution in [0.3, 0.4) is 0 Å². The minimum atomic E-state index is -0.909. The Balaban J connectivity index is 1.76. The molecule has 0 aromatic heterocycles. The summed E-state index contributed by atoms with van der Waals surface area (Å²) < 4.78 is 0. The second-order valence-corrected chi connectivity index (χ2v) is 7.86. The summed E-state index contributed by atoms with van der Waals surface area (Å²) in [5.41, 5.74) is 1.99. The molecule has 6 nitrogen and oxygen atoms in total. The molecule has 0 saturated carbocycles. The number of aliphatic hydroxyl groups is 1. The summed E-state index contributed by atoms with van der Waals surface area (Å²) >= 11 is 6.13. The average Bonchev–Trinajstić information content (AvgIpc) is 2.80. The van der Waals surface area contributed by atoms with Gasteiger partial charge >= 0.3 is 0 Å². The molecular formula is C25H25ClN2O4. The Morgan fingerprint density at radius 2 is 1.44 bits per heavy atom. The Morgan fingerprint density at radius 1 is 0.812 bits per heavy atom. The fraction of sp³-hybridized carbons (Fsp3) is 0.200. The molecular weight excluding hydrogens is 428 g/mol. The van der Waals surface area contributed by atoms with Gasteiger partial charge in [0.2, 0.25) is 5.91 Å². The number of carbonyl (C=O) groups is 2. The smallest absolute Gasteiger partial charge is 0.253 e. The van der Waals surface area contributed by atoms with E-state index in [0.717, 1.165) is 11.1 Å². The lowest BCUT2D eigenvalue weighted by Gasteiger charge is -2.23. The van der Waals surface area contributed by atoms with Gasteiger partial charge in [0.25, 0.3) is 5.91 Å². The zero-order chi connectivity index (χ0) is 22.9. The Kier molecular flexibility index (Phi) is 8.25. The lowest BCUT2D eigenvalue weighted by atomic mass is 10.0. The van der Waals surface area contributed by atoms with Crippen molar-refractivity contribution >= 4 is 23.4 Å². The molecule has 2 atom stereocenters. The molecule has 4 N–H and O–H groups in total. The van der Waals surface area contributed by atoms with Crippen molar-refractivity contribution in [3.63, 3.8) is 0 Å². The predicted octanol–water partition coefficient (Wildman–Crippen LogP) is 3.11. The average molecular weight is 453 g/mol. The molecule has 0 aliphatic carbocycles. The molecule has 0 heterocycles. The number of hydrogen-bond donors (Lipinski definition) is 4. The van der Waals surface area contributed by atoms with E-state index in [0.29, 0.717) is 6.42 Å². The Labute approximate surface area is 191 Å². The van der Waals surface area contributed by atoms with Crippen LogP contribution in [0.4, 0.5) is 0 Å². The standard InChI is InChI=1S/C25H25ClN2O4/c26-22-9-5-4-8-21(22)24(31)28-23(15-18-10-12-20(30)13-11-18)25(32)27-19(16-29)14-17-6-2-1-3-7-17/h1-13,19,23,29-30H,14-16H2,(H,27,32)(H,28,31)/t19-,23-/m0/s1. The van der Waals surface area contributed by atoms with Gasteiger partial charge in [-0.3, -0.25) is 9.59 Å². The molecule has 166 valence electrons. The zero-order valence-corrected chi connectivity index (χ0v) is 18.1. The summed E-state index contributed by atoms with van der Waals surface area (Å²) in [5, 5.41) is 25.2. The first-order valence-electron chi connectivity index (χ1n) is 10.2. The van der Waals surface area contributed by atoms with Crippen molar-refractivity contribution in [1.29, 1.82) is 0 Å². The second kappa shape index (κ2) is 11.3. The number of aromatic hydroxyl groups is 1. The van der Waals surface area contributed by atoms with Gasteiger partial charge in [0.15, 0.2) is 0 Å². The normalized spacial score (nSPS) is 12.6. The van der Waals surface area contributed by atoms with E-state index in [-0.39, 0.29) is 29.4 Å². The number of carbonyl (C=O) groups excluding carboxylic acids is 2. The van der Waals surface area contributed by atoms with Crippen molar-refractivity contribution in [2.45, 2.75) is 24.9 Å². The van der Waals surface area contributed by atoms with Crippen LogP contribution in [0.15, 0.2) is 78.9 Å². The Morgan fingerprint density at radius 3 is 2.09 bits per heavy atom. The minimum Gasteiger partial charge on any atom is -0.508 e. The molecule has 0 saturated heterocycles. The van der Waals surface area contributed by atoms with E-state index in [9.17, 15) is 19.8 Å². The highest BCUT2D eigenvalue weighted by Gasteiger charge is 2.25. The zero-order valence-electron chi connectivity index (χ0n) is 17.4. The number of benzene rings is 3. The lowest BCUT2D eigenvalue weighted by Crippen LogP contribution is -2.52. The first kappa shape index (κ1) is 23.3. The summed E-state index contributed by atoms with van der Waals surface area (Å²) in [5.74, 6) is -0.787. The number of nitrogens with one attached hydrogen (secondary N) is 2. The van der Waals surface area contributed by atoms with Gasteiger partial charge in [-0.05, 0) is 41.8 Å². The molecule has 0 aliphatic rings. The third-order valence-corrected chi connectivity index (χ3v) is 5.34. The molecule has 0 fully saturated rings. The van der Waals surface area contributed by atoms with Crippen molar-refractivity contribution < 1.29 is 19.8 Å². The summed E-state index contributed by atoms with van der Waals surface area (Å²) in [7, 11) is 0. The molecule has 0 bridgehead atoms. The maximum absolute atomic E-state index is 13.1. The second-order valence-electron chi connectivity index (χ2n) is 7.45. The molecule has 2 amide bonds. The van der Waals surface area contributed by atoms with Crippen LogP contribution in [-0.2, 0) is 17.6 Å². The number of phenols is 1. The minimum absolute atomic E-state index is 0.109. The quantitative estimate of drug-likeness (QED) is 0.401. The molecule has 3 aromatic carbocycles. The highest BCUT2D eigenvalue weighted by molar-refractivity contribution is 6.33. The van der Waals surface area contributed by atoms with Crippen molar-refractivity contribution in [3.05, 3.63) is 101 Å². The first-order chi connectivity index (χ1) is 15.5. The number of rotatable bonds is 9. The molecule has 0 aliphatic heterocycles. The van der Waals surface area contributed by atoms with E-state index >= 15 is 0 Å². The van der Waals surface area contributed by atoms with Crippen LogP contribution in [0.25, 0.3) is 0 Å². The van der Waals surface area contributed by atoms with E-state index in [1.54, 1.807) is 36.4 Å². The number of hydrogen-bond acceptors (Lipinski definition) is 4. The fourth-order valence-electron chi connectivity index (χ4n) is 3.32. The fourth-order valence-corrected chi connectivity index (χ4v) is 3.54. The molecule has 0 radical (unpaired) electrons. The van der Waals surface area contributed by atoms with Crippen LogP contribution in [-0.4, -0.2) is 40.7 Å². The summed E-state index contributed by atoms with van der Waals surface area (Å²) in [4.78, 5) is 25.9. The van der Waals surface area contributed by atoms with E-state index in [2.05, 4.69) is 10.6 Å². The molecule has 3 rings (SSSR count). The van der Waals surface area contributed by atoms with Crippen LogP contribution in [0.2, 0.25) is 5.02 Å². The van der Waals surface area contributed by atoms with Crippen molar-refractivity contribution in [2.24, 2.45) is 0 Å². The summed E-state index contributed by atoms with van der Waals surface area (Å²) in [6.45, 7) is -0.245. The van der Waals surface area contributed by atoms with Gasteiger partial charge in [0, 0.05) is 6.42 Å². The monoisotopic (exact) mass is 452 g/mol. The molecule has 0 spiro atoms. The Hall–Kier alpha value is -3.35. The van der Waals surface area contributed by atoms with Gasteiger partial charge in [-0.1, -0.05) is 66.2 Å². The van der Waals surface area contributed by atoms with Gasteiger partial charge in [-0.15, -0.1) is 0 Å². The first-order valence-corrected chi connectivity index (χ1v) is 10.6. The lowest BCUT2D eigenvalue weighted by molar-refractivity contribution is -0.124. The highest BCUT2D eigenvalue weighted by atomic mass is 35.5. The third kappa shape index (κ3) is 6.57. The van der Waals surface area contributed by atoms with Crippen LogP contribution in [0.5, 0.6) is 5.75 Å². The van der Waals surface area contributed by atoms with Gasteiger partial charge in [0.05, 0.1) is 23.2 Å². The van der Waals surface area contributed by atoms with E-state index in [1.165, 1.54) is 12.1 Å². The van der Waals surface area contributed by atoms with E-state index in [1.807, 2.05) is 30.3 Å². The number of amides is 2. The van der Waals surface area contributed by atoms with Gasteiger partial charge in [-0.2, -0.15) is 0 Å².